The molecule has 3 aromatic carbocycles. The second-order valence-corrected chi connectivity index (χ2v) is 19.2. The first-order valence-corrected chi connectivity index (χ1v) is 19.5. The van der Waals surface area contributed by atoms with E-state index in [2.05, 4.69) is 157 Å². The van der Waals surface area contributed by atoms with Crippen molar-refractivity contribution in [1.82, 2.24) is 0 Å². The zero-order chi connectivity index (χ0) is 32.5. The second-order valence-electron chi connectivity index (χ2n) is 15.3. The monoisotopic (exact) mass is 604 g/mol. The fourth-order valence-corrected chi connectivity index (χ4v) is 12.0. The maximum Gasteiger partial charge on any atom is 0.176 e. The van der Waals surface area contributed by atoms with E-state index in [-0.39, 0.29) is 0 Å². The van der Waals surface area contributed by atoms with E-state index < -0.39 is 8.07 Å². The van der Waals surface area contributed by atoms with Gasteiger partial charge in [0, 0.05) is 0 Å². The predicted octanol–water partition coefficient (Wildman–Crippen LogP) is 11.1. The molecule has 236 valence electrons. The fourth-order valence-electron chi connectivity index (χ4n) is 6.83. The first-order chi connectivity index (χ1) is 20.7. The van der Waals surface area contributed by atoms with Crippen molar-refractivity contribution >= 4 is 23.6 Å². The van der Waals surface area contributed by atoms with E-state index in [9.17, 15) is 0 Å². The van der Waals surface area contributed by atoms with E-state index in [1.807, 2.05) is 0 Å². The molecule has 0 unspecified atom stereocenters. The Hall–Kier alpha value is -2.64. The molecule has 0 nitrogen and oxygen atoms in total. The number of allylic oxidation sites excluding steroid dienone is 4. The minimum atomic E-state index is -2.70. The zero-order valence-corrected chi connectivity index (χ0v) is 31.2. The molecule has 0 radical (unpaired) electrons. The van der Waals surface area contributed by atoms with Crippen LogP contribution in [-0.4, -0.2) is 8.07 Å². The lowest BCUT2D eigenvalue weighted by molar-refractivity contribution is 0.834. The molecule has 3 aromatic rings. The molecular weight excluding hydrogens is 545 g/mol. The Kier molecular flexibility index (Phi) is 10.7. The van der Waals surface area contributed by atoms with Crippen molar-refractivity contribution in [2.45, 2.75) is 138 Å². The van der Waals surface area contributed by atoms with Gasteiger partial charge in [0.15, 0.2) is 8.07 Å². The average molecular weight is 605 g/mol. The number of hydrogen-bond donors (Lipinski definition) is 0. The molecule has 0 saturated heterocycles. The Morgan fingerprint density at radius 1 is 0.455 bits per heavy atom. The standard InChI is InChI=1S/C43H60Si/c1-14-33-15-16-40(17-33)44(41-21-34(27(2)3)18-35(22-41)28(4)5,42-23-36(29(6)7)19-37(24-42)30(8)9)43-25-38(31(10)11)20-39(26-43)32(12)13/h15,17-32H,14,16H2,1-13H3. The number of benzene rings is 3. The van der Waals surface area contributed by atoms with Crippen LogP contribution in [0.1, 0.15) is 172 Å². The topological polar surface area (TPSA) is 0 Å². The summed E-state index contributed by atoms with van der Waals surface area (Å²) in [6, 6.07) is 23.2. The van der Waals surface area contributed by atoms with Gasteiger partial charge in [-0.3, -0.25) is 0 Å². The van der Waals surface area contributed by atoms with Crippen LogP contribution in [0.25, 0.3) is 0 Å². The van der Waals surface area contributed by atoms with Crippen LogP contribution in [0.15, 0.2) is 77.5 Å². The van der Waals surface area contributed by atoms with Crippen LogP contribution in [0.3, 0.4) is 0 Å². The first kappa shape index (κ1) is 34.2. The van der Waals surface area contributed by atoms with Crippen molar-refractivity contribution in [1.29, 1.82) is 0 Å². The van der Waals surface area contributed by atoms with Gasteiger partial charge in [0.25, 0.3) is 0 Å². The van der Waals surface area contributed by atoms with Crippen LogP contribution in [0.5, 0.6) is 0 Å². The third-order valence-electron chi connectivity index (χ3n) is 10.1. The minimum absolute atomic E-state index is 0.475. The van der Waals surface area contributed by atoms with Gasteiger partial charge in [0.05, 0.1) is 0 Å². The Morgan fingerprint density at radius 3 is 0.932 bits per heavy atom. The smallest absolute Gasteiger partial charge is 0.0776 e. The third kappa shape index (κ3) is 6.79. The minimum Gasteiger partial charge on any atom is -0.0776 e. The number of rotatable bonds is 11. The molecule has 0 atom stereocenters. The van der Waals surface area contributed by atoms with Crippen molar-refractivity contribution in [2.24, 2.45) is 0 Å². The lowest BCUT2D eigenvalue weighted by atomic mass is 9.95. The summed E-state index contributed by atoms with van der Waals surface area (Å²) in [5.41, 5.74) is 10.3. The second kappa shape index (κ2) is 13.8. The van der Waals surface area contributed by atoms with E-state index in [4.69, 9.17) is 0 Å². The van der Waals surface area contributed by atoms with Crippen LogP contribution in [-0.2, 0) is 0 Å². The zero-order valence-electron chi connectivity index (χ0n) is 30.2. The van der Waals surface area contributed by atoms with E-state index in [1.54, 1.807) is 20.8 Å². The van der Waals surface area contributed by atoms with Crippen LogP contribution < -0.4 is 15.6 Å². The van der Waals surface area contributed by atoms with E-state index in [0.717, 1.165) is 12.8 Å². The Bertz CT molecular complexity index is 1290. The molecule has 0 saturated carbocycles. The molecular formula is C43H60Si. The van der Waals surface area contributed by atoms with Crippen molar-refractivity contribution in [3.63, 3.8) is 0 Å². The van der Waals surface area contributed by atoms with Gasteiger partial charge < -0.3 is 0 Å². The largest absolute Gasteiger partial charge is 0.176 e. The van der Waals surface area contributed by atoms with Gasteiger partial charge in [-0.2, -0.15) is 0 Å². The lowest BCUT2D eigenvalue weighted by Gasteiger charge is -2.38. The summed E-state index contributed by atoms with van der Waals surface area (Å²) >= 11 is 0. The summed E-state index contributed by atoms with van der Waals surface area (Å²) in [5.74, 6) is 2.85. The molecule has 44 heavy (non-hydrogen) atoms. The van der Waals surface area contributed by atoms with Crippen molar-refractivity contribution < 1.29 is 0 Å². The van der Waals surface area contributed by atoms with Crippen LogP contribution >= 0.6 is 0 Å². The van der Waals surface area contributed by atoms with Crippen molar-refractivity contribution in [2.75, 3.05) is 0 Å². The van der Waals surface area contributed by atoms with Gasteiger partial charge in [-0.15, -0.1) is 0 Å². The maximum atomic E-state index is 2.63. The molecule has 1 aliphatic carbocycles. The van der Waals surface area contributed by atoms with Crippen LogP contribution in [0.4, 0.5) is 0 Å². The predicted molar refractivity (Wildman–Crippen MR) is 200 cm³/mol. The summed E-state index contributed by atoms with van der Waals surface area (Å²) in [6.07, 6.45) is 7.28. The van der Waals surface area contributed by atoms with Crippen molar-refractivity contribution in [3.8, 4) is 0 Å². The molecule has 0 aromatic heterocycles. The normalized spacial score (nSPS) is 14.2. The lowest BCUT2D eigenvalue weighted by Crippen LogP contribution is -2.69. The highest BCUT2D eigenvalue weighted by molar-refractivity contribution is 7.16. The molecule has 0 spiro atoms. The van der Waals surface area contributed by atoms with E-state index >= 15 is 0 Å². The third-order valence-corrected chi connectivity index (χ3v) is 14.8. The molecule has 0 bridgehead atoms. The van der Waals surface area contributed by atoms with Gasteiger partial charge in [-0.05, 0) is 97.3 Å². The quantitative estimate of drug-likeness (QED) is 0.151. The van der Waals surface area contributed by atoms with Crippen molar-refractivity contribution in [3.05, 3.63) is 111 Å². The van der Waals surface area contributed by atoms with Gasteiger partial charge in [0.1, 0.15) is 0 Å². The Labute approximate surface area is 272 Å². The summed E-state index contributed by atoms with van der Waals surface area (Å²) < 4.78 is 0. The SMILES string of the molecule is CCC1=CCC([Si](c2cc(C(C)C)cc(C(C)C)c2)(c2cc(C(C)C)cc(C(C)C)c2)c2cc(C(C)C)cc(C(C)C)c2)=C1. The molecule has 0 heterocycles. The highest BCUT2D eigenvalue weighted by Gasteiger charge is 2.45. The highest BCUT2D eigenvalue weighted by atomic mass is 28.3. The fraction of sp³-hybridized carbons (Fsp3) is 0.488. The molecule has 0 fully saturated rings. The molecule has 0 amide bonds. The number of hydrogen-bond acceptors (Lipinski definition) is 0. The summed E-state index contributed by atoms with van der Waals surface area (Å²) in [5, 5.41) is 6.35. The van der Waals surface area contributed by atoms with Gasteiger partial charge in [-0.1, -0.05) is 168 Å². The Morgan fingerprint density at radius 2 is 0.727 bits per heavy atom. The summed E-state index contributed by atoms with van der Waals surface area (Å²) in [6.45, 7) is 30.7. The maximum absolute atomic E-state index is 2.70. The van der Waals surface area contributed by atoms with E-state index in [0.29, 0.717) is 35.5 Å². The van der Waals surface area contributed by atoms with E-state index in [1.165, 1.54) is 39.0 Å². The molecule has 0 N–H and O–H groups in total. The molecule has 1 aliphatic rings. The first-order valence-electron chi connectivity index (χ1n) is 17.5. The summed E-state index contributed by atoms with van der Waals surface area (Å²) in [7, 11) is -2.70. The Balaban J connectivity index is 2.31. The van der Waals surface area contributed by atoms with Gasteiger partial charge in [-0.25, -0.2) is 0 Å². The van der Waals surface area contributed by atoms with Crippen LogP contribution in [0, 0.1) is 0 Å². The molecule has 4 rings (SSSR count). The molecule has 1 heteroatoms. The van der Waals surface area contributed by atoms with Crippen LogP contribution in [0.2, 0.25) is 0 Å². The molecule has 0 aliphatic heterocycles. The van der Waals surface area contributed by atoms with Gasteiger partial charge in [0.2, 0.25) is 0 Å². The highest BCUT2D eigenvalue weighted by Crippen LogP contribution is 2.34. The average Bonchev–Trinajstić information content (AvgIpc) is 3.46. The summed E-state index contributed by atoms with van der Waals surface area (Å²) in [4.78, 5) is 0. The van der Waals surface area contributed by atoms with Gasteiger partial charge >= 0.3 is 0 Å².